The molecular weight excluding hydrogens is 420 g/mol. The second-order valence-electron chi connectivity index (χ2n) is 7.02. The van der Waals surface area contributed by atoms with Gasteiger partial charge < -0.3 is 9.47 Å². The normalized spacial score (nSPS) is 11.7. The second kappa shape index (κ2) is 9.55. The molecule has 1 amide bonds. The van der Waals surface area contributed by atoms with E-state index in [2.05, 4.69) is 18.5 Å². The van der Waals surface area contributed by atoms with Crippen LogP contribution in [0.25, 0.3) is 11.0 Å². The summed E-state index contributed by atoms with van der Waals surface area (Å²) >= 11 is 1.62. The van der Waals surface area contributed by atoms with Crippen molar-refractivity contribution >= 4 is 38.3 Å². The molecule has 0 radical (unpaired) electrons. The first kappa shape index (κ1) is 22.2. The topological polar surface area (TPSA) is 98.3 Å². The molecular formula is C21H26N4O3S2. The van der Waals surface area contributed by atoms with E-state index >= 15 is 0 Å². The maximum Gasteiger partial charge on any atom is 0.238 e. The smallest absolute Gasteiger partial charge is 0.238 e. The zero-order chi connectivity index (χ0) is 21.7. The standard InChI is InChI=1S/C21H26N4O3S2/c1-3-11-24(15-16-6-5-13-29-16)21(26)10-9-20-23-18-14-17(30(22,27)28)7-8-19(18)25(20)12-4-2/h3,5-8,13-14H,1,4,9-12,15H2,2H3,(H2,22,27,28). The summed E-state index contributed by atoms with van der Waals surface area (Å²) in [6, 6.07) is 8.69. The molecule has 0 bridgehead atoms. The Morgan fingerprint density at radius 2 is 2.17 bits per heavy atom. The second-order valence-corrected chi connectivity index (χ2v) is 9.61. The molecule has 2 heterocycles. The maximum absolute atomic E-state index is 12.9. The van der Waals surface area contributed by atoms with E-state index in [0.29, 0.717) is 31.4 Å². The lowest BCUT2D eigenvalue weighted by molar-refractivity contribution is -0.131. The first-order valence-corrected chi connectivity index (χ1v) is 12.2. The number of sulfonamides is 1. The third-order valence-electron chi connectivity index (χ3n) is 4.77. The third kappa shape index (κ3) is 5.16. The Morgan fingerprint density at radius 1 is 1.37 bits per heavy atom. The Labute approximate surface area is 180 Å². The van der Waals surface area contributed by atoms with Crippen LogP contribution in [-0.2, 0) is 34.3 Å². The molecule has 7 nitrogen and oxygen atoms in total. The average molecular weight is 447 g/mol. The van der Waals surface area contributed by atoms with Gasteiger partial charge in [-0.15, -0.1) is 17.9 Å². The van der Waals surface area contributed by atoms with Gasteiger partial charge in [-0.05, 0) is 36.1 Å². The van der Waals surface area contributed by atoms with Gasteiger partial charge in [-0.25, -0.2) is 18.5 Å². The van der Waals surface area contributed by atoms with Gasteiger partial charge in [-0.1, -0.05) is 19.1 Å². The van der Waals surface area contributed by atoms with E-state index in [-0.39, 0.29) is 10.8 Å². The number of benzene rings is 1. The number of hydrogen-bond donors (Lipinski definition) is 1. The van der Waals surface area contributed by atoms with Crippen molar-refractivity contribution in [3.63, 3.8) is 0 Å². The van der Waals surface area contributed by atoms with E-state index in [1.165, 1.54) is 12.1 Å². The molecule has 0 aliphatic carbocycles. The number of thiophene rings is 1. The Hall–Kier alpha value is -2.49. The Balaban J connectivity index is 1.81. The molecule has 3 aromatic rings. The lowest BCUT2D eigenvalue weighted by atomic mass is 10.2. The van der Waals surface area contributed by atoms with E-state index in [4.69, 9.17) is 5.14 Å². The molecule has 30 heavy (non-hydrogen) atoms. The van der Waals surface area contributed by atoms with Crippen LogP contribution in [0, 0.1) is 0 Å². The lowest BCUT2D eigenvalue weighted by Crippen LogP contribution is -2.30. The van der Waals surface area contributed by atoms with Gasteiger partial charge in [0, 0.05) is 30.8 Å². The molecule has 0 aliphatic rings. The van der Waals surface area contributed by atoms with Crippen LogP contribution < -0.4 is 5.14 Å². The van der Waals surface area contributed by atoms with Crippen molar-refractivity contribution in [1.82, 2.24) is 14.5 Å². The molecule has 0 atom stereocenters. The molecule has 2 aromatic heterocycles. The molecule has 0 saturated heterocycles. The first-order chi connectivity index (χ1) is 14.3. The Bertz CT molecular complexity index is 1130. The average Bonchev–Trinajstić information content (AvgIpc) is 3.33. The summed E-state index contributed by atoms with van der Waals surface area (Å²) in [5.74, 6) is 0.796. The molecule has 9 heteroatoms. The first-order valence-electron chi connectivity index (χ1n) is 9.76. The Morgan fingerprint density at radius 3 is 2.80 bits per heavy atom. The van der Waals surface area contributed by atoms with Crippen LogP contribution in [0.3, 0.4) is 0 Å². The molecule has 0 saturated carbocycles. The van der Waals surface area contributed by atoms with Crippen LogP contribution in [-0.4, -0.2) is 35.3 Å². The monoisotopic (exact) mass is 446 g/mol. The maximum atomic E-state index is 12.9. The largest absolute Gasteiger partial charge is 0.334 e. The fourth-order valence-corrected chi connectivity index (χ4v) is 4.63. The van der Waals surface area contributed by atoms with Gasteiger partial charge in [0.2, 0.25) is 15.9 Å². The number of nitrogens with two attached hydrogens (primary N) is 1. The molecule has 0 unspecified atom stereocenters. The number of imidazole rings is 1. The number of nitrogens with zero attached hydrogens (tertiary/aromatic N) is 3. The lowest BCUT2D eigenvalue weighted by Gasteiger charge is -2.20. The van der Waals surface area contributed by atoms with Crippen molar-refractivity contribution in [2.75, 3.05) is 6.54 Å². The van der Waals surface area contributed by atoms with E-state index in [1.54, 1.807) is 28.4 Å². The molecule has 1 aromatic carbocycles. The summed E-state index contributed by atoms with van der Waals surface area (Å²) in [5, 5.41) is 7.24. The van der Waals surface area contributed by atoms with Crippen molar-refractivity contribution in [2.45, 2.75) is 44.2 Å². The van der Waals surface area contributed by atoms with E-state index < -0.39 is 10.0 Å². The number of fused-ring (bicyclic) bond motifs is 1. The summed E-state index contributed by atoms with van der Waals surface area (Å²) in [7, 11) is -3.80. The van der Waals surface area contributed by atoms with Gasteiger partial charge in [0.25, 0.3) is 0 Å². The van der Waals surface area contributed by atoms with Crippen molar-refractivity contribution < 1.29 is 13.2 Å². The highest BCUT2D eigenvalue weighted by atomic mass is 32.2. The zero-order valence-electron chi connectivity index (χ0n) is 17.0. The van der Waals surface area contributed by atoms with Gasteiger partial charge in [-0.2, -0.15) is 0 Å². The summed E-state index contributed by atoms with van der Waals surface area (Å²) in [5.41, 5.74) is 1.41. The molecule has 0 spiro atoms. The number of hydrogen-bond acceptors (Lipinski definition) is 5. The third-order valence-corrected chi connectivity index (χ3v) is 6.54. The van der Waals surface area contributed by atoms with Gasteiger partial charge in [0.15, 0.2) is 0 Å². The number of carbonyl (C=O) groups is 1. The van der Waals surface area contributed by atoms with E-state index in [9.17, 15) is 13.2 Å². The summed E-state index contributed by atoms with van der Waals surface area (Å²) in [4.78, 5) is 20.4. The van der Waals surface area contributed by atoms with Crippen molar-refractivity contribution in [2.24, 2.45) is 5.14 Å². The SMILES string of the molecule is C=CCN(Cc1cccs1)C(=O)CCc1nc2cc(S(N)(=O)=O)ccc2n1CCC. The highest BCUT2D eigenvalue weighted by molar-refractivity contribution is 7.89. The molecule has 2 N–H and O–H groups in total. The van der Waals surface area contributed by atoms with Crippen LogP contribution in [0.15, 0.2) is 53.3 Å². The van der Waals surface area contributed by atoms with Crippen molar-refractivity contribution in [1.29, 1.82) is 0 Å². The Kier molecular flexibility index (Phi) is 7.06. The number of rotatable bonds is 10. The van der Waals surface area contributed by atoms with Crippen LogP contribution in [0.5, 0.6) is 0 Å². The van der Waals surface area contributed by atoms with Crippen LogP contribution >= 0.6 is 11.3 Å². The van der Waals surface area contributed by atoms with Crippen molar-refractivity contribution in [3.05, 3.63) is 59.1 Å². The molecule has 0 aliphatic heterocycles. The minimum absolute atomic E-state index is 0.0311. The summed E-state index contributed by atoms with van der Waals surface area (Å²) in [6.45, 7) is 7.60. The van der Waals surface area contributed by atoms with E-state index in [1.807, 2.05) is 22.1 Å². The van der Waals surface area contributed by atoms with Crippen LogP contribution in [0.1, 0.15) is 30.5 Å². The number of carbonyl (C=O) groups excluding carboxylic acids is 1. The highest BCUT2D eigenvalue weighted by Crippen LogP contribution is 2.22. The van der Waals surface area contributed by atoms with E-state index in [0.717, 1.165) is 29.2 Å². The van der Waals surface area contributed by atoms with Crippen LogP contribution in [0.4, 0.5) is 0 Å². The number of amides is 1. The number of primary sulfonamides is 1. The minimum Gasteiger partial charge on any atom is -0.334 e. The van der Waals surface area contributed by atoms with Gasteiger partial charge in [0.05, 0.1) is 22.5 Å². The summed E-state index contributed by atoms with van der Waals surface area (Å²) < 4.78 is 25.4. The van der Waals surface area contributed by atoms with Gasteiger partial charge >= 0.3 is 0 Å². The summed E-state index contributed by atoms with van der Waals surface area (Å²) in [6.07, 6.45) is 3.40. The van der Waals surface area contributed by atoms with Crippen molar-refractivity contribution in [3.8, 4) is 0 Å². The predicted octanol–water partition coefficient (Wildman–Crippen LogP) is 3.30. The zero-order valence-corrected chi connectivity index (χ0v) is 18.6. The number of aromatic nitrogens is 2. The number of aryl methyl sites for hydroxylation is 2. The molecule has 160 valence electrons. The fraction of sp³-hybridized carbons (Fsp3) is 0.333. The minimum atomic E-state index is -3.80. The predicted molar refractivity (Wildman–Crippen MR) is 120 cm³/mol. The molecule has 0 fully saturated rings. The quantitative estimate of drug-likeness (QED) is 0.483. The highest BCUT2D eigenvalue weighted by Gasteiger charge is 2.18. The van der Waals surface area contributed by atoms with Gasteiger partial charge in [0.1, 0.15) is 5.82 Å². The fourth-order valence-electron chi connectivity index (χ4n) is 3.38. The van der Waals surface area contributed by atoms with Gasteiger partial charge in [-0.3, -0.25) is 4.79 Å². The van der Waals surface area contributed by atoms with Crippen LogP contribution in [0.2, 0.25) is 0 Å². The molecule has 3 rings (SSSR count).